The summed E-state index contributed by atoms with van der Waals surface area (Å²) in [5.41, 5.74) is 5.27. The van der Waals surface area contributed by atoms with E-state index in [1.165, 1.54) is 22.2 Å². The molecule has 0 saturated heterocycles. The molecule has 0 aliphatic carbocycles. The number of H-pyrrole nitrogens is 1. The highest BCUT2D eigenvalue weighted by Gasteiger charge is 2.28. The van der Waals surface area contributed by atoms with E-state index in [1.807, 2.05) is 41.3 Å². The van der Waals surface area contributed by atoms with Crippen LogP contribution in [0.5, 0.6) is 0 Å². The van der Waals surface area contributed by atoms with E-state index >= 15 is 0 Å². The number of nitrogens with zero attached hydrogens (tertiary/aromatic N) is 1. The Morgan fingerprint density at radius 1 is 1.07 bits per heavy atom. The van der Waals surface area contributed by atoms with Crippen molar-refractivity contribution in [2.75, 3.05) is 6.54 Å². The highest BCUT2D eigenvalue weighted by molar-refractivity contribution is 5.97. The molecule has 0 bridgehead atoms. The summed E-state index contributed by atoms with van der Waals surface area (Å²) in [5, 5.41) is 4.04. The van der Waals surface area contributed by atoms with Crippen molar-refractivity contribution in [2.45, 2.75) is 52.1 Å². The minimum Gasteiger partial charge on any atom is -0.358 e. The third-order valence-corrected chi connectivity index (χ3v) is 5.93. The van der Waals surface area contributed by atoms with Crippen molar-refractivity contribution in [2.24, 2.45) is 0 Å². The number of rotatable bonds is 3. The molecular formula is C25H29N3O2. The quantitative estimate of drug-likeness (QED) is 0.689. The van der Waals surface area contributed by atoms with Gasteiger partial charge in [-0.3, -0.25) is 9.59 Å². The fraction of sp³-hybridized carbons (Fsp3) is 0.360. The molecule has 1 aliphatic heterocycles. The Morgan fingerprint density at radius 2 is 1.77 bits per heavy atom. The third kappa shape index (κ3) is 3.84. The maximum Gasteiger partial charge on any atom is 0.251 e. The van der Waals surface area contributed by atoms with Gasteiger partial charge in [0, 0.05) is 47.2 Å². The second-order valence-corrected chi connectivity index (χ2v) is 9.16. The number of carbonyl (C=O) groups excluding carboxylic acids is 2. The number of aromatic amines is 1. The number of fused-ring (bicyclic) bond motifs is 3. The summed E-state index contributed by atoms with van der Waals surface area (Å²) in [7, 11) is 0. The van der Waals surface area contributed by atoms with Crippen molar-refractivity contribution in [1.82, 2.24) is 15.2 Å². The van der Waals surface area contributed by atoms with Crippen LogP contribution >= 0.6 is 0 Å². The highest BCUT2D eigenvalue weighted by Crippen LogP contribution is 2.28. The first-order chi connectivity index (χ1) is 14.2. The average Bonchev–Trinajstić information content (AvgIpc) is 3.10. The van der Waals surface area contributed by atoms with Crippen LogP contribution in [-0.2, 0) is 23.2 Å². The van der Waals surface area contributed by atoms with Gasteiger partial charge in [0.25, 0.3) is 5.91 Å². The first-order valence-electron chi connectivity index (χ1n) is 10.5. The summed E-state index contributed by atoms with van der Waals surface area (Å²) in [5.74, 6) is -0.272. The van der Waals surface area contributed by atoms with Crippen LogP contribution in [0.15, 0.2) is 48.5 Å². The average molecular weight is 404 g/mol. The van der Waals surface area contributed by atoms with Crippen molar-refractivity contribution < 1.29 is 9.59 Å². The van der Waals surface area contributed by atoms with E-state index in [0.717, 1.165) is 11.9 Å². The van der Waals surface area contributed by atoms with Crippen molar-refractivity contribution in [3.63, 3.8) is 0 Å². The Morgan fingerprint density at radius 3 is 2.47 bits per heavy atom. The van der Waals surface area contributed by atoms with Gasteiger partial charge in [0.05, 0.1) is 0 Å². The molecule has 0 fully saturated rings. The number of para-hydroxylation sites is 1. The van der Waals surface area contributed by atoms with Crippen LogP contribution in [0.1, 0.15) is 54.9 Å². The van der Waals surface area contributed by atoms with Crippen LogP contribution in [0.4, 0.5) is 0 Å². The fourth-order valence-electron chi connectivity index (χ4n) is 4.09. The van der Waals surface area contributed by atoms with Gasteiger partial charge >= 0.3 is 0 Å². The molecule has 2 amide bonds. The van der Waals surface area contributed by atoms with Gasteiger partial charge in [0.2, 0.25) is 5.91 Å². The summed E-state index contributed by atoms with van der Waals surface area (Å²) in [6, 6.07) is 15.2. The molecule has 0 unspecified atom stereocenters. The molecule has 2 N–H and O–H groups in total. The second kappa shape index (κ2) is 7.63. The zero-order valence-corrected chi connectivity index (χ0v) is 18.1. The Balaban J connectivity index is 1.43. The number of amides is 2. The fourth-order valence-corrected chi connectivity index (χ4v) is 4.09. The molecule has 2 aromatic carbocycles. The largest absolute Gasteiger partial charge is 0.358 e. The number of carbonyl (C=O) groups is 2. The van der Waals surface area contributed by atoms with Gasteiger partial charge in [-0.1, -0.05) is 51.1 Å². The molecule has 30 heavy (non-hydrogen) atoms. The van der Waals surface area contributed by atoms with Crippen molar-refractivity contribution in [3.05, 3.63) is 70.9 Å². The summed E-state index contributed by atoms with van der Waals surface area (Å²) < 4.78 is 0. The van der Waals surface area contributed by atoms with Gasteiger partial charge in [0.1, 0.15) is 6.04 Å². The van der Waals surface area contributed by atoms with Crippen LogP contribution < -0.4 is 5.32 Å². The molecule has 5 heteroatoms. The maximum atomic E-state index is 13.0. The van der Waals surface area contributed by atoms with Crippen molar-refractivity contribution >= 4 is 22.7 Å². The third-order valence-electron chi connectivity index (χ3n) is 5.93. The molecule has 0 saturated carbocycles. The topological polar surface area (TPSA) is 65.2 Å². The van der Waals surface area contributed by atoms with Gasteiger partial charge in [-0.15, -0.1) is 0 Å². The van der Waals surface area contributed by atoms with E-state index < -0.39 is 6.04 Å². The van der Waals surface area contributed by atoms with E-state index in [4.69, 9.17) is 0 Å². The van der Waals surface area contributed by atoms with E-state index in [1.54, 1.807) is 6.92 Å². The van der Waals surface area contributed by atoms with Crippen LogP contribution in [-0.4, -0.2) is 34.3 Å². The number of hydrogen-bond acceptors (Lipinski definition) is 2. The van der Waals surface area contributed by atoms with E-state index in [9.17, 15) is 9.59 Å². The van der Waals surface area contributed by atoms with Gasteiger partial charge in [-0.2, -0.15) is 0 Å². The van der Waals surface area contributed by atoms with E-state index in [2.05, 4.69) is 43.2 Å². The van der Waals surface area contributed by atoms with Crippen LogP contribution in [0, 0.1) is 0 Å². The molecule has 0 spiro atoms. The predicted molar refractivity (Wildman–Crippen MR) is 119 cm³/mol. The summed E-state index contributed by atoms with van der Waals surface area (Å²) in [6.45, 7) is 9.40. The smallest absolute Gasteiger partial charge is 0.251 e. The molecule has 156 valence electrons. The minimum absolute atomic E-state index is 0.0355. The lowest BCUT2D eigenvalue weighted by atomic mass is 9.86. The Labute approximate surface area is 177 Å². The van der Waals surface area contributed by atoms with Gasteiger partial charge in [-0.05, 0) is 36.1 Å². The highest BCUT2D eigenvalue weighted by atomic mass is 16.2. The lowest BCUT2D eigenvalue weighted by molar-refractivity contribution is -0.133. The lowest BCUT2D eigenvalue weighted by Crippen LogP contribution is -2.48. The summed E-state index contributed by atoms with van der Waals surface area (Å²) in [6.07, 6.45) is 0.796. The number of nitrogens with one attached hydrogen (secondary N) is 2. The molecule has 5 nitrogen and oxygen atoms in total. The van der Waals surface area contributed by atoms with Gasteiger partial charge in [-0.25, -0.2) is 0 Å². The zero-order valence-electron chi connectivity index (χ0n) is 18.1. The molecule has 1 aromatic heterocycles. The Bertz CT molecular complexity index is 1090. The summed E-state index contributed by atoms with van der Waals surface area (Å²) in [4.78, 5) is 31.0. The monoisotopic (exact) mass is 403 g/mol. The Kier molecular flexibility index (Phi) is 5.14. The predicted octanol–water partition coefficient (Wildman–Crippen LogP) is 4.17. The molecule has 1 atom stereocenters. The molecule has 0 radical (unpaired) electrons. The first-order valence-corrected chi connectivity index (χ1v) is 10.5. The first kappa shape index (κ1) is 20.2. The van der Waals surface area contributed by atoms with Crippen molar-refractivity contribution in [3.8, 4) is 0 Å². The minimum atomic E-state index is -0.577. The van der Waals surface area contributed by atoms with Crippen LogP contribution in [0.2, 0.25) is 0 Å². The normalized spacial score (nSPS) is 15.0. The van der Waals surface area contributed by atoms with Crippen LogP contribution in [0.25, 0.3) is 10.9 Å². The molecule has 2 heterocycles. The second-order valence-electron chi connectivity index (χ2n) is 9.16. The standard InChI is InChI=1S/C25H29N3O2/c1-16(26-23(29)17-9-11-18(12-10-17)25(2,3)4)24(30)28-14-13-22-20(15-28)19-7-5-6-8-21(19)27-22/h5-12,16,27H,13-15H2,1-4H3,(H,26,29)/t16-/m0/s1. The number of aromatic nitrogens is 1. The summed E-state index contributed by atoms with van der Waals surface area (Å²) >= 11 is 0. The van der Waals surface area contributed by atoms with Crippen LogP contribution in [0.3, 0.4) is 0 Å². The van der Waals surface area contributed by atoms with Crippen molar-refractivity contribution in [1.29, 1.82) is 0 Å². The SMILES string of the molecule is C[C@H](NC(=O)c1ccc(C(C)(C)C)cc1)C(=O)N1CCc2[nH]c3ccccc3c2C1. The number of benzene rings is 2. The molecule has 4 rings (SSSR count). The Hall–Kier alpha value is -3.08. The van der Waals surface area contributed by atoms with E-state index in [-0.39, 0.29) is 17.2 Å². The van der Waals surface area contributed by atoms with Gasteiger partial charge < -0.3 is 15.2 Å². The lowest BCUT2D eigenvalue weighted by Gasteiger charge is -2.30. The molecule has 1 aliphatic rings. The zero-order chi connectivity index (χ0) is 21.5. The van der Waals surface area contributed by atoms with Gasteiger partial charge in [0.15, 0.2) is 0 Å². The number of hydrogen-bond donors (Lipinski definition) is 2. The van der Waals surface area contributed by atoms with E-state index in [0.29, 0.717) is 18.7 Å². The maximum absolute atomic E-state index is 13.0. The molecular weight excluding hydrogens is 374 g/mol. The molecule has 3 aromatic rings.